The molecule has 0 saturated heterocycles. The van der Waals surface area contributed by atoms with Gasteiger partial charge >= 0.3 is 0 Å². The first-order valence-electron chi connectivity index (χ1n) is 9.90. The van der Waals surface area contributed by atoms with Gasteiger partial charge in [-0.3, -0.25) is 25.5 Å². The predicted octanol–water partition coefficient (Wildman–Crippen LogP) is 6.19. The van der Waals surface area contributed by atoms with Gasteiger partial charge in [-0.25, -0.2) is 0 Å². The number of rotatable bonds is 6. The molecule has 3 N–H and O–H groups in total. The van der Waals surface area contributed by atoms with Crippen molar-refractivity contribution in [2.45, 2.75) is 0 Å². The second-order valence-corrected chi connectivity index (χ2v) is 8.63. The van der Waals surface area contributed by atoms with Gasteiger partial charge in [0, 0.05) is 33.4 Å². The number of nitrogens with zero attached hydrogens (tertiary/aromatic N) is 4. The number of thiocarbonyl (C=S) groups is 1. The topological polar surface area (TPSA) is 110 Å². The average Bonchev–Trinajstić information content (AvgIpc) is 2.85. The van der Waals surface area contributed by atoms with E-state index in [9.17, 15) is 10.1 Å². The minimum Gasteiger partial charge on any atom is -0.331 e. The summed E-state index contributed by atoms with van der Waals surface area (Å²) in [5.74, 6) is 0.553. The fourth-order valence-electron chi connectivity index (χ4n) is 2.98. The fraction of sp³-hybridized carbons (Fsp3) is 0. The van der Waals surface area contributed by atoms with E-state index in [1.165, 1.54) is 12.1 Å². The number of aromatic nitrogens is 3. The maximum atomic E-state index is 11.0. The number of nitro benzene ring substituents is 1. The molecule has 0 saturated carbocycles. The highest BCUT2D eigenvalue weighted by Crippen LogP contribution is 2.23. The number of hydrazine groups is 1. The lowest BCUT2D eigenvalue weighted by Gasteiger charge is -2.17. The Hall–Kier alpha value is -3.64. The summed E-state index contributed by atoms with van der Waals surface area (Å²) in [7, 11) is 0. The van der Waals surface area contributed by atoms with Crippen molar-refractivity contribution in [2.75, 3.05) is 10.7 Å². The maximum absolute atomic E-state index is 11.0. The summed E-state index contributed by atoms with van der Waals surface area (Å²) in [5, 5.41) is 15.4. The van der Waals surface area contributed by atoms with Gasteiger partial charge in [-0.2, -0.15) is 9.97 Å². The molecule has 35 heavy (non-hydrogen) atoms. The van der Waals surface area contributed by atoms with Gasteiger partial charge in [0.05, 0.1) is 10.6 Å². The van der Waals surface area contributed by atoms with Crippen molar-refractivity contribution in [1.29, 1.82) is 0 Å². The lowest BCUT2D eigenvalue weighted by Crippen LogP contribution is -2.35. The molecule has 0 aliphatic carbocycles. The highest BCUT2D eigenvalue weighted by molar-refractivity contribution is 7.80. The Morgan fingerprint density at radius 1 is 0.914 bits per heavy atom. The molecule has 1 heterocycles. The molecule has 176 valence electrons. The number of hydrogen-bond donors (Lipinski definition) is 3. The lowest BCUT2D eigenvalue weighted by molar-refractivity contribution is -0.384. The summed E-state index contributed by atoms with van der Waals surface area (Å²) < 4.78 is 1.79. The van der Waals surface area contributed by atoms with Crippen LogP contribution in [-0.2, 0) is 0 Å². The molecule has 1 aromatic heterocycles. The Morgan fingerprint density at radius 2 is 1.51 bits per heavy atom. The van der Waals surface area contributed by atoms with Crippen molar-refractivity contribution in [3.63, 3.8) is 0 Å². The summed E-state index contributed by atoms with van der Waals surface area (Å²) in [5.41, 5.74) is 7.74. The SMILES string of the molecule is O=[N+]([O-])c1ccc(-c2nc(NNC(=S)Nc3ccc(Cl)cc3)n(-c3ccc(Cl)cc3)c(=S)n2)cc1. The van der Waals surface area contributed by atoms with Crippen LogP contribution in [0, 0.1) is 14.9 Å². The van der Waals surface area contributed by atoms with E-state index >= 15 is 0 Å². The molecule has 4 rings (SSSR count). The molecule has 9 nitrogen and oxygen atoms in total. The van der Waals surface area contributed by atoms with Crippen molar-refractivity contribution in [3.05, 3.63) is 97.7 Å². The Labute approximate surface area is 219 Å². The quantitative estimate of drug-likeness (QED) is 0.149. The third kappa shape index (κ3) is 6.08. The first-order valence-corrected chi connectivity index (χ1v) is 11.5. The molecule has 0 unspecified atom stereocenters. The van der Waals surface area contributed by atoms with Crippen LogP contribution in [-0.4, -0.2) is 24.6 Å². The summed E-state index contributed by atoms with van der Waals surface area (Å²) in [6.07, 6.45) is 0. The molecular weight excluding hydrogens is 529 g/mol. The third-order valence-corrected chi connectivity index (χ3v) is 5.61. The third-order valence-electron chi connectivity index (χ3n) is 4.63. The molecule has 0 spiro atoms. The smallest absolute Gasteiger partial charge is 0.269 e. The van der Waals surface area contributed by atoms with Gasteiger partial charge in [-0.05, 0) is 85.1 Å². The molecule has 0 bridgehead atoms. The Bertz CT molecular complexity index is 1450. The van der Waals surface area contributed by atoms with E-state index in [0.29, 0.717) is 21.3 Å². The maximum Gasteiger partial charge on any atom is 0.269 e. The van der Waals surface area contributed by atoms with E-state index in [0.717, 1.165) is 5.69 Å². The normalized spacial score (nSPS) is 10.5. The van der Waals surface area contributed by atoms with Crippen LogP contribution in [0.15, 0.2) is 72.8 Å². The number of hydrogen-bond acceptors (Lipinski definition) is 7. The summed E-state index contributed by atoms with van der Waals surface area (Å²) >= 11 is 22.9. The zero-order valence-electron chi connectivity index (χ0n) is 17.6. The van der Waals surface area contributed by atoms with Crippen LogP contribution in [0.4, 0.5) is 17.3 Å². The van der Waals surface area contributed by atoms with Crippen LogP contribution < -0.4 is 16.2 Å². The Kier molecular flexibility index (Phi) is 7.51. The van der Waals surface area contributed by atoms with Gasteiger partial charge < -0.3 is 5.32 Å². The predicted molar refractivity (Wildman–Crippen MR) is 144 cm³/mol. The Balaban J connectivity index is 1.66. The second-order valence-electron chi connectivity index (χ2n) is 6.98. The molecule has 0 amide bonds. The molecule has 13 heteroatoms. The number of benzene rings is 3. The zero-order chi connectivity index (χ0) is 24.9. The number of halogens is 2. The highest BCUT2D eigenvalue weighted by Gasteiger charge is 2.14. The number of anilines is 2. The zero-order valence-corrected chi connectivity index (χ0v) is 20.8. The minimum atomic E-state index is -0.478. The van der Waals surface area contributed by atoms with Crippen molar-refractivity contribution >= 4 is 70.1 Å². The van der Waals surface area contributed by atoms with Crippen LogP contribution in [0.3, 0.4) is 0 Å². The first-order chi connectivity index (χ1) is 16.8. The largest absolute Gasteiger partial charge is 0.331 e. The van der Waals surface area contributed by atoms with Gasteiger partial charge in [0.1, 0.15) is 0 Å². The molecular formula is C22H15Cl2N7O2S2. The van der Waals surface area contributed by atoms with Crippen molar-refractivity contribution in [1.82, 2.24) is 20.0 Å². The number of nitrogens with one attached hydrogen (secondary N) is 3. The fourth-order valence-corrected chi connectivity index (χ4v) is 3.68. The monoisotopic (exact) mass is 543 g/mol. The van der Waals surface area contributed by atoms with E-state index in [-0.39, 0.29) is 27.3 Å². The van der Waals surface area contributed by atoms with Crippen molar-refractivity contribution < 1.29 is 4.92 Å². The van der Waals surface area contributed by atoms with E-state index < -0.39 is 4.92 Å². The summed E-state index contributed by atoms with van der Waals surface area (Å²) in [4.78, 5) is 19.5. The average molecular weight is 544 g/mol. The van der Waals surface area contributed by atoms with E-state index in [1.54, 1.807) is 65.2 Å². The van der Waals surface area contributed by atoms with Crippen LogP contribution in [0.25, 0.3) is 17.1 Å². The van der Waals surface area contributed by atoms with Crippen molar-refractivity contribution in [2.24, 2.45) is 0 Å². The first kappa shape index (κ1) is 24.5. The van der Waals surface area contributed by atoms with E-state index in [4.69, 9.17) is 47.6 Å². The number of non-ortho nitro benzene ring substituents is 1. The summed E-state index contributed by atoms with van der Waals surface area (Å²) in [6.45, 7) is 0. The molecule has 0 radical (unpaired) electrons. The molecule has 0 aliphatic rings. The Morgan fingerprint density at radius 3 is 2.11 bits per heavy atom. The van der Waals surface area contributed by atoms with Gasteiger partial charge in [0.2, 0.25) is 10.7 Å². The van der Waals surface area contributed by atoms with Gasteiger partial charge in [0.25, 0.3) is 5.69 Å². The molecule has 4 aromatic rings. The van der Waals surface area contributed by atoms with Crippen LogP contribution in [0.2, 0.25) is 10.0 Å². The molecule has 0 atom stereocenters. The van der Waals surface area contributed by atoms with Gasteiger partial charge in [-0.1, -0.05) is 23.2 Å². The van der Waals surface area contributed by atoms with Crippen molar-refractivity contribution in [3.8, 4) is 17.1 Å². The van der Waals surface area contributed by atoms with E-state index in [1.807, 2.05) is 0 Å². The van der Waals surface area contributed by atoms with E-state index in [2.05, 4.69) is 26.1 Å². The van der Waals surface area contributed by atoms with Crippen LogP contribution >= 0.6 is 47.6 Å². The minimum absolute atomic E-state index is 0.0434. The molecule has 3 aromatic carbocycles. The van der Waals surface area contributed by atoms with Gasteiger partial charge in [-0.15, -0.1) is 0 Å². The van der Waals surface area contributed by atoms with Gasteiger partial charge in [0.15, 0.2) is 10.9 Å². The molecule has 0 fully saturated rings. The van der Waals surface area contributed by atoms with Crippen LogP contribution in [0.5, 0.6) is 0 Å². The standard InChI is InChI=1S/C22H15Cl2N7O2S2/c23-14-3-7-16(8-4-14)25-21(34)29-28-20-26-19(13-1-9-18(10-2-13)31(32)33)27-22(35)30(20)17-11-5-15(24)6-12-17/h1-12H,(H2,25,29,34)(H,26,27,28,35). The highest BCUT2D eigenvalue weighted by atomic mass is 35.5. The summed E-state index contributed by atoms with van der Waals surface area (Å²) in [6, 6.07) is 19.8. The second kappa shape index (κ2) is 10.7. The van der Waals surface area contributed by atoms with Crippen LogP contribution in [0.1, 0.15) is 0 Å². The molecule has 0 aliphatic heterocycles. The lowest BCUT2D eigenvalue weighted by atomic mass is 10.2. The number of nitro groups is 1.